The number of nitrogens with zero attached hydrogens (tertiary/aromatic N) is 1. The molecule has 1 amide bonds. The van der Waals surface area contributed by atoms with E-state index in [9.17, 15) is 4.79 Å². The first kappa shape index (κ1) is 22.6. The Kier molecular flexibility index (Phi) is 7.83. The van der Waals surface area contributed by atoms with Crippen LogP contribution in [0.25, 0.3) is 22.3 Å². The summed E-state index contributed by atoms with van der Waals surface area (Å²) in [4.78, 5) is 13.4. The van der Waals surface area contributed by atoms with Gasteiger partial charge in [-0.25, -0.2) is 0 Å². The van der Waals surface area contributed by atoms with Crippen LogP contribution in [0, 0.1) is 0 Å². The Morgan fingerprint density at radius 3 is 2.13 bits per heavy atom. The zero-order chi connectivity index (χ0) is 22.2. The highest BCUT2D eigenvalue weighted by molar-refractivity contribution is 6.00. The molecule has 0 aliphatic rings. The standard InChI is InChI=1S/C29H33NO/c1-5-8-9-10-22-11-13-24(14-12-22)26-17-20-28(23(6-2)21-26)25-15-18-27(19-16-25)30(4)29(31)7-3/h7,11-21H,3,5-6,8-10H2,1-2,4H3. The van der Waals surface area contributed by atoms with Crippen LogP contribution < -0.4 is 4.90 Å². The number of aryl methyl sites for hydroxylation is 2. The van der Waals surface area contributed by atoms with E-state index in [1.807, 2.05) is 12.1 Å². The molecule has 2 nitrogen and oxygen atoms in total. The number of unbranched alkanes of at least 4 members (excludes halogenated alkanes) is 2. The summed E-state index contributed by atoms with van der Waals surface area (Å²) in [7, 11) is 1.76. The maximum absolute atomic E-state index is 11.8. The summed E-state index contributed by atoms with van der Waals surface area (Å²) in [5.41, 5.74) is 8.54. The van der Waals surface area contributed by atoms with E-state index in [0.717, 1.165) is 24.1 Å². The van der Waals surface area contributed by atoms with Crippen LogP contribution in [0.2, 0.25) is 0 Å². The molecule has 0 N–H and O–H groups in total. The van der Waals surface area contributed by atoms with Crippen molar-refractivity contribution in [2.24, 2.45) is 0 Å². The van der Waals surface area contributed by atoms with Crippen molar-refractivity contribution >= 4 is 11.6 Å². The average molecular weight is 412 g/mol. The summed E-state index contributed by atoms with van der Waals surface area (Å²) < 4.78 is 0. The number of benzene rings is 3. The van der Waals surface area contributed by atoms with Gasteiger partial charge < -0.3 is 4.90 Å². The molecule has 160 valence electrons. The van der Waals surface area contributed by atoms with Gasteiger partial charge in [0, 0.05) is 12.7 Å². The fourth-order valence-electron chi connectivity index (χ4n) is 3.92. The molecular weight excluding hydrogens is 378 g/mol. The van der Waals surface area contributed by atoms with Gasteiger partial charge in [0.05, 0.1) is 0 Å². The smallest absolute Gasteiger partial charge is 0.250 e. The molecule has 0 unspecified atom stereocenters. The van der Waals surface area contributed by atoms with E-state index < -0.39 is 0 Å². The highest BCUT2D eigenvalue weighted by Gasteiger charge is 2.10. The summed E-state index contributed by atoms with van der Waals surface area (Å²) in [5.74, 6) is -0.109. The highest BCUT2D eigenvalue weighted by Crippen LogP contribution is 2.31. The Labute approximate surface area is 187 Å². The minimum Gasteiger partial charge on any atom is -0.312 e. The van der Waals surface area contributed by atoms with Crippen LogP contribution >= 0.6 is 0 Å². The van der Waals surface area contributed by atoms with Gasteiger partial charge in [0.2, 0.25) is 5.91 Å². The lowest BCUT2D eigenvalue weighted by Crippen LogP contribution is -2.23. The largest absolute Gasteiger partial charge is 0.312 e. The Morgan fingerprint density at radius 2 is 1.52 bits per heavy atom. The first-order chi connectivity index (χ1) is 15.1. The van der Waals surface area contributed by atoms with Gasteiger partial charge in [-0.3, -0.25) is 4.79 Å². The average Bonchev–Trinajstić information content (AvgIpc) is 2.83. The Balaban J connectivity index is 1.81. The molecule has 0 aliphatic heterocycles. The van der Waals surface area contributed by atoms with E-state index in [1.54, 1.807) is 11.9 Å². The van der Waals surface area contributed by atoms with Crippen molar-refractivity contribution in [3.8, 4) is 22.3 Å². The third kappa shape index (κ3) is 5.52. The summed E-state index contributed by atoms with van der Waals surface area (Å²) in [6, 6.07) is 23.9. The summed E-state index contributed by atoms with van der Waals surface area (Å²) in [6.07, 6.45) is 7.29. The molecule has 3 aromatic rings. The molecule has 0 spiro atoms. The summed E-state index contributed by atoms with van der Waals surface area (Å²) in [6.45, 7) is 8.00. The molecule has 0 radical (unpaired) electrons. The lowest BCUT2D eigenvalue weighted by molar-refractivity contribution is -0.113. The molecule has 3 rings (SSSR count). The first-order valence-electron chi connectivity index (χ1n) is 11.3. The monoisotopic (exact) mass is 411 g/mol. The maximum Gasteiger partial charge on any atom is 0.250 e. The van der Waals surface area contributed by atoms with E-state index in [2.05, 4.69) is 75.0 Å². The van der Waals surface area contributed by atoms with Gasteiger partial charge in [-0.1, -0.05) is 87.9 Å². The van der Waals surface area contributed by atoms with E-state index >= 15 is 0 Å². The van der Waals surface area contributed by atoms with Crippen LogP contribution in [0.15, 0.2) is 79.4 Å². The van der Waals surface area contributed by atoms with Crippen LogP contribution in [0.5, 0.6) is 0 Å². The van der Waals surface area contributed by atoms with Gasteiger partial charge in [0.15, 0.2) is 0 Å². The predicted octanol–water partition coefficient (Wildman–Crippen LogP) is 7.46. The van der Waals surface area contributed by atoms with Crippen LogP contribution in [-0.4, -0.2) is 13.0 Å². The molecule has 0 saturated heterocycles. The van der Waals surface area contributed by atoms with E-state index in [0.29, 0.717) is 0 Å². The van der Waals surface area contributed by atoms with E-state index in [-0.39, 0.29) is 5.91 Å². The summed E-state index contributed by atoms with van der Waals surface area (Å²) >= 11 is 0. The second kappa shape index (κ2) is 10.8. The van der Waals surface area contributed by atoms with Crippen molar-refractivity contribution in [2.45, 2.75) is 46.0 Å². The minimum absolute atomic E-state index is 0.109. The van der Waals surface area contributed by atoms with E-state index in [4.69, 9.17) is 0 Å². The van der Waals surface area contributed by atoms with Gasteiger partial charge in [0.1, 0.15) is 0 Å². The fraction of sp³-hybridized carbons (Fsp3) is 0.276. The lowest BCUT2D eigenvalue weighted by Gasteiger charge is -2.16. The quantitative estimate of drug-likeness (QED) is 0.264. The number of anilines is 1. The number of hydrogen-bond donors (Lipinski definition) is 0. The van der Waals surface area contributed by atoms with Gasteiger partial charge in [0.25, 0.3) is 0 Å². The molecule has 0 atom stereocenters. The van der Waals surface area contributed by atoms with Crippen molar-refractivity contribution in [1.29, 1.82) is 0 Å². The zero-order valence-corrected chi connectivity index (χ0v) is 19.0. The maximum atomic E-state index is 11.8. The Morgan fingerprint density at radius 1 is 0.871 bits per heavy atom. The minimum atomic E-state index is -0.109. The number of likely N-dealkylation sites (N-methyl/N-ethyl adjacent to an activating group) is 1. The topological polar surface area (TPSA) is 20.3 Å². The third-order valence-corrected chi connectivity index (χ3v) is 5.91. The molecule has 31 heavy (non-hydrogen) atoms. The van der Waals surface area contributed by atoms with Crippen LogP contribution in [0.1, 0.15) is 44.2 Å². The van der Waals surface area contributed by atoms with Gasteiger partial charge in [-0.05, 0) is 70.9 Å². The molecule has 0 fully saturated rings. The van der Waals surface area contributed by atoms with E-state index in [1.165, 1.54) is 53.2 Å². The summed E-state index contributed by atoms with van der Waals surface area (Å²) in [5, 5.41) is 0. The Hall–Kier alpha value is -3.13. The van der Waals surface area contributed by atoms with Crippen LogP contribution in [0.4, 0.5) is 5.69 Å². The SMILES string of the molecule is C=CC(=O)N(C)c1ccc(-c2ccc(-c3ccc(CCCCC)cc3)cc2CC)cc1. The third-order valence-electron chi connectivity index (χ3n) is 5.91. The van der Waals surface area contributed by atoms with Crippen LogP contribution in [0.3, 0.4) is 0 Å². The lowest BCUT2D eigenvalue weighted by atomic mass is 9.93. The molecule has 0 aliphatic carbocycles. The van der Waals surface area contributed by atoms with Gasteiger partial charge >= 0.3 is 0 Å². The van der Waals surface area contributed by atoms with Crippen molar-refractivity contribution in [1.82, 2.24) is 0 Å². The number of carbonyl (C=O) groups excluding carboxylic acids is 1. The van der Waals surface area contributed by atoms with Crippen molar-refractivity contribution in [3.63, 3.8) is 0 Å². The zero-order valence-electron chi connectivity index (χ0n) is 19.0. The number of amides is 1. The normalized spacial score (nSPS) is 10.7. The first-order valence-corrected chi connectivity index (χ1v) is 11.3. The molecule has 3 aromatic carbocycles. The van der Waals surface area contributed by atoms with Crippen molar-refractivity contribution < 1.29 is 4.79 Å². The number of carbonyl (C=O) groups is 1. The molecular formula is C29H33NO. The van der Waals surface area contributed by atoms with Gasteiger partial charge in [-0.15, -0.1) is 0 Å². The molecule has 0 saturated carbocycles. The van der Waals surface area contributed by atoms with Crippen molar-refractivity contribution in [3.05, 3.63) is 90.5 Å². The second-order valence-electron chi connectivity index (χ2n) is 8.03. The van der Waals surface area contributed by atoms with Crippen molar-refractivity contribution in [2.75, 3.05) is 11.9 Å². The second-order valence-corrected chi connectivity index (χ2v) is 8.03. The molecule has 0 aromatic heterocycles. The highest BCUT2D eigenvalue weighted by atomic mass is 16.2. The number of hydrogen-bond acceptors (Lipinski definition) is 1. The molecule has 0 heterocycles. The van der Waals surface area contributed by atoms with Crippen LogP contribution in [-0.2, 0) is 17.6 Å². The van der Waals surface area contributed by atoms with Gasteiger partial charge in [-0.2, -0.15) is 0 Å². The molecule has 0 bridgehead atoms. The number of rotatable bonds is 9. The molecule has 2 heteroatoms. The predicted molar refractivity (Wildman–Crippen MR) is 134 cm³/mol. The Bertz CT molecular complexity index is 1020. The fourth-order valence-corrected chi connectivity index (χ4v) is 3.92.